The van der Waals surface area contributed by atoms with Crippen LogP contribution in [0.2, 0.25) is 0 Å². The molecular formula is C21H31N5O4S. The Bertz CT molecular complexity index is 812. The summed E-state index contributed by atoms with van der Waals surface area (Å²) in [6.45, 7) is 6.95. The van der Waals surface area contributed by atoms with Crippen molar-refractivity contribution < 1.29 is 19.1 Å². The summed E-state index contributed by atoms with van der Waals surface area (Å²) in [4.78, 5) is 28.2. The summed E-state index contributed by atoms with van der Waals surface area (Å²) in [6.07, 6.45) is 3.36. The van der Waals surface area contributed by atoms with Gasteiger partial charge in [-0.25, -0.2) is 4.68 Å². The van der Waals surface area contributed by atoms with E-state index in [1.807, 2.05) is 25.3 Å². The summed E-state index contributed by atoms with van der Waals surface area (Å²) in [5.41, 5.74) is 0.297. The lowest BCUT2D eigenvalue weighted by molar-refractivity contribution is -0.145. The molecule has 10 heteroatoms. The maximum absolute atomic E-state index is 12.8. The van der Waals surface area contributed by atoms with E-state index < -0.39 is 6.29 Å². The Morgan fingerprint density at radius 1 is 1.26 bits per heavy atom. The fraction of sp³-hybridized carbons (Fsp3) is 0.619. The molecule has 3 rings (SSSR count). The van der Waals surface area contributed by atoms with E-state index in [0.717, 1.165) is 6.42 Å². The van der Waals surface area contributed by atoms with Crippen molar-refractivity contribution in [1.29, 1.82) is 0 Å². The Balaban J connectivity index is 1.43. The fourth-order valence-corrected chi connectivity index (χ4v) is 4.29. The van der Waals surface area contributed by atoms with E-state index in [2.05, 4.69) is 21.7 Å². The van der Waals surface area contributed by atoms with Gasteiger partial charge in [-0.2, -0.15) is 0 Å². The van der Waals surface area contributed by atoms with Crippen molar-refractivity contribution >= 4 is 23.2 Å². The van der Waals surface area contributed by atoms with E-state index in [1.54, 1.807) is 27.1 Å². The molecule has 1 fully saturated rings. The SMILES string of the molecule is CCOC(Cn1cc(C(=O)N2CCC(C(=O)NCCc3cccs3)CC2)nn1)OCC. The van der Waals surface area contributed by atoms with Gasteiger partial charge in [0.15, 0.2) is 12.0 Å². The molecule has 170 valence electrons. The first-order valence-electron chi connectivity index (χ1n) is 10.8. The molecule has 0 aromatic carbocycles. The first kappa shape index (κ1) is 23.4. The molecule has 1 saturated heterocycles. The first-order valence-corrected chi connectivity index (χ1v) is 11.7. The van der Waals surface area contributed by atoms with Crippen molar-refractivity contribution in [3.8, 4) is 0 Å². The fourth-order valence-electron chi connectivity index (χ4n) is 3.58. The second kappa shape index (κ2) is 11.9. The summed E-state index contributed by atoms with van der Waals surface area (Å²) < 4.78 is 12.6. The third kappa shape index (κ3) is 6.84. The van der Waals surface area contributed by atoms with Crippen LogP contribution in [-0.2, 0) is 27.2 Å². The third-order valence-corrected chi connectivity index (χ3v) is 6.14. The van der Waals surface area contributed by atoms with E-state index >= 15 is 0 Å². The molecule has 0 spiro atoms. The molecule has 0 radical (unpaired) electrons. The lowest BCUT2D eigenvalue weighted by Crippen LogP contribution is -2.43. The molecule has 2 amide bonds. The number of carbonyl (C=O) groups is 2. The second-order valence-electron chi connectivity index (χ2n) is 7.35. The van der Waals surface area contributed by atoms with Gasteiger partial charge in [0.2, 0.25) is 5.91 Å². The largest absolute Gasteiger partial charge is 0.355 e. The number of amides is 2. The molecule has 2 aromatic heterocycles. The van der Waals surface area contributed by atoms with E-state index in [9.17, 15) is 9.59 Å². The number of piperidine rings is 1. The number of hydrogen-bond acceptors (Lipinski definition) is 7. The van der Waals surface area contributed by atoms with Crippen LogP contribution in [0.4, 0.5) is 0 Å². The van der Waals surface area contributed by atoms with Crippen molar-refractivity contribution in [2.75, 3.05) is 32.8 Å². The molecule has 1 aliphatic rings. The molecule has 1 aliphatic heterocycles. The van der Waals surface area contributed by atoms with Gasteiger partial charge in [-0.05, 0) is 44.6 Å². The number of rotatable bonds is 11. The van der Waals surface area contributed by atoms with Crippen LogP contribution in [0.15, 0.2) is 23.7 Å². The molecule has 9 nitrogen and oxygen atoms in total. The average molecular weight is 450 g/mol. The highest BCUT2D eigenvalue weighted by molar-refractivity contribution is 7.09. The summed E-state index contributed by atoms with van der Waals surface area (Å²) in [5.74, 6) is -0.138. The molecule has 0 atom stereocenters. The van der Waals surface area contributed by atoms with Crippen LogP contribution < -0.4 is 5.32 Å². The van der Waals surface area contributed by atoms with Gasteiger partial charge < -0.3 is 19.7 Å². The molecule has 2 aromatic rings. The summed E-state index contributed by atoms with van der Waals surface area (Å²) in [6, 6.07) is 4.09. The third-order valence-electron chi connectivity index (χ3n) is 5.20. The topological polar surface area (TPSA) is 98.6 Å². The van der Waals surface area contributed by atoms with Crippen LogP contribution in [0.3, 0.4) is 0 Å². The quantitative estimate of drug-likeness (QED) is 0.527. The highest BCUT2D eigenvalue weighted by Crippen LogP contribution is 2.19. The zero-order valence-corrected chi connectivity index (χ0v) is 19.0. The summed E-state index contributed by atoms with van der Waals surface area (Å²) >= 11 is 1.70. The molecule has 0 saturated carbocycles. The van der Waals surface area contributed by atoms with Crippen LogP contribution in [0.1, 0.15) is 42.1 Å². The Labute approximate surface area is 186 Å². The van der Waals surface area contributed by atoms with Crippen LogP contribution in [0, 0.1) is 5.92 Å². The molecule has 0 aliphatic carbocycles. The van der Waals surface area contributed by atoms with Gasteiger partial charge in [-0.3, -0.25) is 9.59 Å². The number of hydrogen-bond donors (Lipinski definition) is 1. The molecular weight excluding hydrogens is 418 g/mol. The number of aromatic nitrogens is 3. The first-order chi connectivity index (χ1) is 15.1. The predicted molar refractivity (Wildman–Crippen MR) is 117 cm³/mol. The van der Waals surface area contributed by atoms with Gasteiger partial charge in [0.05, 0.1) is 12.7 Å². The van der Waals surface area contributed by atoms with Crippen LogP contribution in [-0.4, -0.2) is 70.8 Å². The molecule has 3 heterocycles. The van der Waals surface area contributed by atoms with Crippen molar-refractivity contribution in [3.63, 3.8) is 0 Å². The zero-order chi connectivity index (χ0) is 22.1. The second-order valence-corrected chi connectivity index (χ2v) is 8.39. The lowest BCUT2D eigenvalue weighted by Gasteiger charge is -2.30. The zero-order valence-electron chi connectivity index (χ0n) is 18.2. The molecule has 0 bridgehead atoms. The van der Waals surface area contributed by atoms with Crippen molar-refractivity contribution in [3.05, 3.63) is 34.3 Å². The van der Waals surface area contributed by atoms with E-state index in [4.69, 9.17) is 9.47 Å². The highest BCUT2D eigenvalue weighted by Gasteiger charge is 2.29. The number of carbonyl (C=O) groups excluding carboxylic acids is 2. The Morgan fingerprint density at radius 3 is 2.65 bits per heavy atom. The van der Waals surface area contributed by atoms with Gasteiger partial charge in [0, 0.05) is 43.6 Å². The smallest absolute Gasteiger partial charge is 0.276 e. The summed E-state index contributed by atoms with van der Waals surface area (Å²) in [7, 11) is 0. The van der Waals surface area contributed by atoms with E-state index in [1.165, 1.54) is 4.88 Å². The Morgan fingerprint density at radius 2 is 2.00 bits per heavy atom. The maximum atomic E-state index is 12.8. The number of ether oxygens (including phenoxy) is 2. The standard InChI is InChI=1S/C21H31N5O4S/c1-3-29-19(30-4-2)15-26-14-18(23-24-26)21(28)25-11-8-16(9-12-25)20(27)22-10-7-17-6-5-13-31-17/h5-6,13-14,16,19H,3-4,7-12,15H2,1-2H3,(H,22,27). The van der Waals surface area contributed by atoms with Gasteiger partial charge in [0.1, 0.15) is 0 Å². The van der Waals surface area contributed by atoms with Gasteiger partial charge >= 0.3 is 0 Å². The Kier molecular flexibility index (Phi) is 8.98. The molecule has 31 heavy (non-hydrogen) atoms. The number of nitrogens with zero attached hydrogens (tertiary/aromatic N) is 4. The van der Waals surface area contributed by atoms with Gasteiger partial charge in [-0.15, -0.1) is 16.4 Å². The maximum Gasteiger partial charge on any atom is 0.276 e. The van der Waals surface area contributed by atoms with E-state index in [0.29, 0.717) is 57.9 Å². The van der Waals surface area contributed by atoms with Crippen LogP contribution in [0.5, 0.6) is 0 Å². The number of likely N-dealkylation sites (tertiary alicyclic amines) is 1. The normalized spacial score (nSPS) is 14.9. The minimum absolute atomic E-state index is 0.0544. The Hall–Kier alpha value is -2.30. The van der Waals surface area contributed by atoms with Crippen LogP contribution >= 0.6 is 11.3 Å². The molecule has 1 N–H and O–H groups in total. The van der Waals surface area contributed by atoms with Gasteiger partial charge in [-0.1, -0.05) is 11.3 Å². The van der Waals surface area contributed by atoms with Crippen molar-refractivity contribution in [1.82, 2.24) is 25.2 Å². The minimum Gasteiger partial charge on any atom is -0.355 e. The monoisotopic (exact) mass is 449 g/mol. The highest BCUT2D eigenvalue weighted by atomic mass is 32.1. The number of thiophene rings is 1. The number of nitrogens with one attached hydrogen (secondary N) is 1. The summed E-state index contributed by atoms with van der Waals surface area (Å²) in [5, 5.41) is 13.1. The lowest BCUT2D eigenvalue weighted by atomic mass is 9.95. The predicted octanol–water partition coefficient (Wildman–Crippen LogP) is 1.95. The van der Waals surface area contributed by atoms with E-state index in [-0.39, 0.29) is 17.7 Å². The van der Waals surface area contributed by atoms with Crippen molar-refractivity contribution in [2.45, 2.75) is 45.9 Å². The molecule has 0 unspecified atom stereocenters. The minimum atomic E-state index is -0.422. The average Bonchev–Trinajstić information content (AvgIpc) is 3.46. The van der Waals surface area contributed by atoms with Crippen LogP contribution in [0.25, 0.3) is 0 Å². The van der Waals surface area contributed by atoms with Gasteiger partial charge in [0.25, 0.3) is 5.91 Å². The van der Waals surface area contributed by atoms with Crippen molar-refractivity contribution in [2.24, 2.45) is 5.92 Å².